The molecule has 7 heterocycles. The van der Waals surface area contributed by atoms with Crippen LogP contribution in [0.15, 0.2) is 25.3 Å². The van der Waals surface area contributed by atoms with E-state index in [4.69, 9.17) is 39.0 Å². The zero-order valence-corrected chi connectivity index (χ0v) is 23.1. The number of ether oxygens (including phenoxy) is 2. The molecule has 0 aliphatic carbocycles. The minimum Gasteiger partial charge on any atom is -0.382 e. The minimum absolute atomic E-state index is 0.0761. The van der Waals surface area contributed by atoms with Gasteiger partial charge in [-0.15, -0.1) is 0 Å². The van der Waals surface area contributed by atoms with Crippen LogP contribution in [0.2, 0.25) is 0 Å². The summed E-state index contributed by atoms with van der Waals surface area (Å²) in [5.74, 6) is 0.152. The Morgan fingerprint density at radius 1 is 0.714 bits per heavy atom. The van der Waals surface area contributed by atoms with Gasteiger partial charge >= 0.3 is 16.5 Å². The Morgan fingerprint density at radius 3 is 1.57 bits per heavy atom. The highest BCUT2D eigenvalue weighted by molar-refractivity contribution is 7.33. The van der Waals surface area contributed by atoms with Gasteiger partial charge in [-0.1, -0.05) is 0 Å². The lowest BCUT2D eigenvalue weighted by atomic mass is 10.1. The maximum Gasteiger partial charge on any atom is 0.319 e. The Hall–Kier alpha value is -3.22. The first-order valence-corrected chi connectivity index (χ1v) is 14.9. The number of nitrogen functional groups attached to an aromatic ring is 2. The van der Waals surface area contributed by atoms with Crippen LogP contribution in [0.4, 0.5) is 20.4 Å². The number of imidazole rings is 2. The van der Waals surface area contributed by atoms with Crippen molar-refractivity contribution in [3.63, 3.8) is 0 Å². The van der Waals surface area contributed by atoms with Gasteiger partial charge in [0.2, 0.25) is 0 Å². The van der Waals surface area contributed by atoms with Gasteiger partial charge in [0, 0.05) is 0 Å². The third-order valence-electron chi connectivity index (χ3n) is 7.05. The van der Waals surface area contributed by atoms with Crippen LogP contribution < -0.4 is 11.5 Å². The number of halogens is 2. The van der Waals surface area contributed by atoms with E-state index in [1.54, 1.807) is 0 Å². The molecule has 0 spiro atoms. The number of fused-ring (bicyclic) bond motifs is 4. The van der Waals surface area contributed by atoms with E-state index in [1.165, 1.54) is 34.4 Å². The predicted octanol–water partition coefficient (Wildman–Crippen LogP) is 0.898. The second kappa shape index (κ2) is 10.8. The van der Waals surface area contributed by atoms with Gasteiger partial charge < -0.3 is 39.0 Å². The molecule has 0 amide bonds. The van der Waals surface area contributed by atoms with E-state index in [0.29, 0.717) is 0 Å². The first-order chi connectivity index (χ1) is 20.3. The lowest BCUT2D eigenvalue weighted by Crippen LogP contribution is -2.35. The summed E-state index contributed by atoms with van der Waals surface area (Å²) >= 11 is 0. The maximum absolute atomic E-state index is 15.7. The number of hydrogen-bond donors (Lipinski definition) is 2. The topological polar surface area (TPSA) is 229 Å². The largest absolute Gasteiger partial charge is 0.382 e. The molecule has 3 saturated heterocycles. The number of nitrogens with zero attached hydrogens (tertiary/aromatic N) is 8. The highest BCUT2D eigenvalue weighted by Crippen LogP contribution is 2.45. The monoisotopic (exact) mass is 630 g/mol. The molecular formula is C20H22F2N10O8P2. The molecule has 2 unspecified atom stereocenters. The molecule has 3 aliphatic heterocycles. The number of rotatable bonds is 2. The summed E-state index contributed by atoms with van der Waals surface area (Å²) in [5.41, 5.74) is 12.4. The molecule has 10 atom stereocenters. The molecule has 4 N–H and O–H groups in total. The number of anilines is 2. The molecule has 22 heteroatoms. The Kier molecular flexibility index (Phi) is 7.10. The molecule has 0 aromatic carbocycles. The first kappa shape index (κ1) is 27.6. The lowest BCUT2D eigenvalue weighted by Gasteiger charge is -2.23. The van der Waals surface area contributed by atoms with Crippen molar-refractivity contribution < 1.29 is 45.5 Å². The first-order valence-electron chi connectivity index (χ1n) is 12.4. The molecule has 3 fully saturated rings. The van der Waals surface area contributed by atoms with Gasteiger partial charge in [0.25, 0.3) is 0 Å². The lowest BCUT2D eigenvalue weighted by molar-refractivity contribution is -0.0533. The molecule has 3 aliphatic rings. The van der Waals surface area contributed by atoms with E-state index in [-0.39, 0.29) is 34.0 Å². The number of nitrogens with two attached hydrogens (primary N) is 2. The third kappa shape index (κ3) is 4.64. The van der Waals surface area contributed by atoms with Crippen molar-refractivity contribution in [2.75, 3.05) is 24.7 Å². The van der Waals surface area contributed by atoms with E-state index < -0.39 is 78.9 Å². The van der Waals surface area contributed by atoms with Crippen LogP contribution in [0.1, 0.15) is 12.5 Å². The fourth-order valence-corrected chi connectivity index (χ4v) is 6.83. The zero-order chi connectivity index (χ0) is 29.1. The quantitative estimate of drug-likeness (QED) is 0.293. The van der Waals surface area contributed by atoms with Crippen LogP contribution in [0.5, 0.6) is 0 Å². The predicted molar refractivity (Wildman–Crippen MR) is 137 cm³/mol. The van der Waals surface area contributed by atoms with Crippen molar-refractivity contribution in [1.82, 2.24) is 39.0 Å². The fourth-order valence-electron chi connectivity index (χ4n) is 5.09. The highest BCUT2D eigenvalue weighted by Gasteiger charge is 2.51. The van der Waals surface area contributed by atoms with Crippen LogP contribution in [0.25, 0.3) is 22.3 Å². The smallest absolute Gasteiger partial charge is 0.319 e. The number of alkyl halides is 2. The summed E-state index contributed by atoms with van der Waals surface area (Å²) in [6, 6.07) is 0. The average molecular weight is 630 g/mol. The highest BCUT2D eigenvalue weighted by atomic mass is 31.1. The summed E-state index contributed by atoms with van der Waals surface area (Å²) < 4.78 is 92.8. The summed E-state index contributed by atoms with van der Waals surface area (Å²) in [7, 11) is -6.81. The van der Waals surface area contributed by atoms with Crippen molar-refractivity contribution in [1.29, 1.82) is 0 Å². The molecule has 18 nitrogen and oxygen atoms in total. The molecule has 4 aromatic rings. The van der Waals surface area contributed by atoms with Crippen molar-refractivity contribution in [3.05, 3.63) is 25.3 Å². The second-order valence-electron chi connectivity index (χ2n) is 9.47. The normalized spacial score (nSPS) is 36.0. The van der Waals surface area contributed by atoms with E-state index in [2.05, 4.69) is 29.9 Å². The number of hydrogen-bond acceptors (Lipinski definition) is 16. The molecule has 224 valence electrons. The number of aromatic nitrogens is 8. The summed E-state index contributed by atoms with van der Waals surface area (Å²) in [6.45, 7) is -1.03. The fraction of sp³-hybridized carbons (Fsp3) is 0.500. The van der Waals surface area contributed by atoms with Gasteiger partial charge in [-0.05, 0) is 0 Å². The molecule has 0 bridgehead atoms. The molecule has 42 heavy (non-hydrogen) atoms. The molecule has 4 aromatic heterocycles. The van der Waals surface area contributed by atoms with Crippen molar-refractivity contribution in [2.45, 2.75) is 49.2 Å². The maximum atomic E-state index is 15.7. The molecule has 0 saturated carbocycles. The Morgan fingerprint density at radius 2 is 1.14 bits per heavy atom. The average Bonchev–Trinajstić information content (AvgIpc) is 3.73. The van der Waals surface area contributed by atoms with Crippen LogP contribution in [-0.2, 0) is 36.7 Å². The summed E-state index contributed by atoms with van der Waals surface area (Å²) in [5, 5.41) is 0. The van der Waals surface area contributed by atoms with Gasteiger partial charge in [-0.25, -0.2) is 38.7 Å². The van der Waals surface area contributed by atoms with E-state index >= 15 is 8.78 Å². The molecular weight excluding hydrogens is 608 g/mol. The van der Waals surface area contributed by atoms with Gasteiger partial charge in [-0.3, -0.25) is 18.3 Å². The van der Waals surface area contributed by atoms with Crippen molar-refractivity contribution >= 4 is 50.5 Å². The SMILES string of the molecule is Nc1ncnc2c1ncn2[C@@H]1O[C@@H]2CO[PH](=O)O[C@H]3[C@H](F)[C@H](n4cnc5c(N)ncnc54)O[C@@H]3CO[PH](=O)O[C@H]2[C@@H]1F. The van der Waals surface area contributed by atoms with Gasteiger partial charge in [-0.2, -0.15) is 0 Å². The van der Waals surface area contributed by atoms with E-state index in [0.717, 1.165) is 0 Å². The Bertz CT molecular complexity index is 1580. The van der Waals surface area contributed by atoms with Crippen LogP contribution >= 0.6 is 16.5 Å². The van der Waals surface area contributed by atoms with E-state index in [1.807, 2.05) is 0 Å². The van der Waals surface area contributed by atoms with Crippen LogP contribution in [-0.4, -0.2) is 89.0 Å². The van der Waals surface area contributed by atoms with Crippen molar-refractivity contribution in [3.8, 4) is 0 Å². The molecule has 0 radical (unpaired) electrons. The zero-order valence-electron chi connectivity index (χ0n) is 21.1. The van der Waals surface area contributed by atoms with Gasteiger partial charge in [0.05, 0.1) is 25.9 Å². The van der Waals surface area contributed by atoms with Crippen LogP contribution in [0.3, 0.4) is 0 Å². The summed E-state index contributed by atoms with van der Waals surface area (Å²) in [4.78, 5) is 24.0. The summed E-state index contributed by atoms with van der Waals surface area (Å²) in [6.07, 6.45) is -7.07. The second-order valence-corrected chi connectivity index (χ2v) is 11.5. The Balaban J connectivity index is 1.12. The van der Waals surface area contributed by atoms with Gasteiger partial charge in [0.1, 0.15) is 48.1 Å². The standard InChI is InChI=1S/C20H22F2N10O8P2/c21-9-13-7(37-19(9)31-5-29-11-15(23)25-3-27-17(11)31)1-35-41(33)40-14-8(2-36-42(34)39-13)38-20(10(14)22)32-6-30-12-16(24)26-4-28-18(12)32/h3-10,13-14,19-20,41-42H,1-2H2,(H2,23,25,27)(H2,24,26,28)/t7-,8-,9+,10+,13-,14-,19-,20-/m1/s1. The van der Waals surface area contributed by atoms with E-state index in [9.17, 15) is 9.13 Å². The Labute approximate surface area is 234 Å². The van der Waals surface area contributed by atoms with Crippen LogP contribution in [0, 0.1) is 0 Å². The minimum atomic E-state index is -3.40. The molecule has 7 rings (SSSR count). The third-order valence-corrected chi connectivity index (χ3v) is 8.79. The van der Waals surface area contributed by atoms with Gasteiger partial charge in [0.15, 0.2) is 47.7 Å². The van der Waals surface area contributed by atoms with Crippen molar-refractivity contribution in [2.24, 2.45) is 0 Å².